The Labute approximate surface area is 94.5 Å². The average molecular weight is 235 g/mol. The van der Waals surface area contributed by atoms with Crippen LogP contribution >= 0.6 is 0 Å². The van der Waals surface area contributed by atoms with Gasteiger partial charge in [-0.15, -0.1) is 0 Å². The van der Waals surface area contributed by atoms with Crippen molar-refractivity contribution in [2.24, 2.45) is 5.92 Å². The molecule has 0 saturated heterocycles. The van der Waals surface area contributed by atoms with Gasteiger partial charge in [-0.3, -0.25) is 0 Å². The second kappa shape index (κ2) is 6.48. The third-order valence-electron chi connectivity index (χ3n) is 3.14. The SMILES string of the molecule is OCC(CO)N[C@H]1CC(CO)[C@@H](O)[C@H](O)C1. The van der Waals surface area contributed by atoms with Crippen LogP contribution in [0.5, 0.6) is 0 Å². The quantitative estimate of drug-likeness (QED) is 0.312. The van der Waals surface area contributed by atoms with Crippen LogP contribution in [0.15, 0.2) is 0 Å². The molecule has 1 rings (SSSR count). The lowest BCUT2D eigenvalue weighted by Crippen LogP contribution is -2.52. The minimum Gasteiger partial charge on any atom is -0.396 e. The predicted molar refractivity (Wildman–Crippen MR) is 56.7 cm³/mol. The molecule has 6 N–H and O–H groups in total. The Morgan fingerprint density at radius 1 is 1.06 bits per heavy atom. The molecule has 0 heterocycles. The first-order chi connectivity index (χ1) is 7.62. The summed E-state index contributed by atoms with van der Waals surface area (Å²) in [6.07, 6.45) is -0.898. The molecule has 1 unspecified atom stereocenters. The van der Waals surface area contributed by atoms with Crippen LogP contribution in [0.25, 0.3) is 0 Å². The highest BCUT2D eigenvalue weighted by Crippen LogP contribution is 2.25. The van der Waals surface area contributed by atoms with Crippen molar-refractivity contribution in [2.45, 2.75) is 37.1 Å². The van der Waals surface area contributed by atoms with Crippen LogP contribution in [0.2, 0.25) is 0 Å². The first-order valence-electron chi connectivity index (χ1n) is 5.57. The summed E-state index contributed by atoms with van der Waals surface area (Å²) in [6.45, 7) is -0.551. The normalized spacial score (nSPS) is 35.6. The number of aliphatic hydroxyl groups is 5. The van der Waals surface area contributed by atoms with Gasteiger partial charge < -0.3 is 30.8 Å². The van der Waals surface area contributed by atoms with Gasteiger partial charge in [-0.1, -0.05) is 0 Å². The summed E-state index contributed by atoms with van der Waals surface area (Å²) >= 11 is 0. The fourth-order valence-corrected chi connectivity index (χ4v) is 2.16. The third-order valence-corrected chi connectivity index (χ3v) is 3.14. The fourth-order valence-electron chi connectivity index (χ4n) is 2.16. The van der Waals surface area contributed by atoms with E-state index in [0.29, 0.717) is 12.8 Å². The molecule has 4 atom stereocenters. The number of hydrogen-bond acceptors (Lipinski definition) is 6. The standard InChI is InChI=1S/C10H21NO5/c12-3-6-1-7(2-9(15)10(6)16)11-8(4-13)5-14/h6-16H,1-5H2/t6?,7-,9+,10+/m0/s1. The predicted octanol–water partition coefficient (Wildman–Crippen LogP) is -2.58. The zero-order valence-corrected chi connectivity index (χ0v) is 9.16. The van der Waals surface area contributed by atoms with Gasteiger partial charge >= 0.3 is 0 Å². The van der Waals surface area contributed by atoms with Crippen LogP contribution in [-0.2, 0) is 0 Å². The summed E-state index contributed by atoms with van der Waals surface area (Å²) in [7, 11) is 0. The molecule has 96 valence electrons. The van der Waals surface area contributed by atoms with E-state index in [2.05, 4.69) is 5.32 Å². The van der Waals surface area contributed by atoms with Crippen LogP contribution in [-0.4, -0.2) is 69.6 Å². The molecule has 0 aromatic heterocycles. The molecule has 0 bridgehead atoms. The second-order valence-electron chi connectivity index (χ2n) is 4.40. The summed E-state index contributed by atoms with van der Waals surface area (Å²) in [6, 6.07) is -0.536. The Morgan fingerprint density at radius 3 is 2.19 bits per heavy atom. The van der Waals surface area contributed by atoms with E-state index in [9.17, 15) is 10.2 Å². The highest BCUT2D eigenvalue weighted by atomic mass is 16.3. The smallest absolute Gasteiger partial charge is 0.0850 e. The van der Waals surface area contributed by atoms with Crippen LogP contribution in [0, 0.1) is 5.92 Å². The lowest BCUT2D eigenvalue weighted by atomic mass is 9.81. The minimum atomic E-state index is -0.898. The maximum Gasteiger partial charge on any atom is 0.0850 e. The van der Waals surface area contributed by atoms with E-state index in [1.54, 1.807) is 0 Å². The summed E-state index contributed by atoms with van der Waals surface area (Å²) in [5.41, 5.74) is 0. The van der Waals surface area contributed by atoms with E-state index in [1.165, 1.54) is 0 Å². The van der Waals surface area contributed by atoms with Gasteiger partial charge in [0, 0.05) is 18.6 Å². The van der Waals surface area contributed by atoms with Crippen molar-refractivity contribution in [3.63, 3.8) is 0 Å². The van der Waals surface area contributed by atoms with E-state index >= 15 is 0 Å². The van der Waals surface area contributed by atoms with Gasteiger partial charge in [-0.2, -0.15) is 0 Å². The molecule has 1 saturated carbocycles. The van der Waals surface area contributed by atoms with Crippen molar-refractivity contribution in [3.05, 3.63) is 0 Å². The van der Waals surface area contributed by atoms with Crippen LogP contribution in [0.3, 0.4) is 0 Å². The molecular weight excluding hydrogens is 214 g/mol. The third kappa shape index (κ3) is 3.38. The van der Waals surface area contributed by atoms with Crippen molar-refractivity contribution in [1.29, 1.82) is 0 Å². The van der Waals surface area contributed by atoms with Gasteiger partial charge in [-0.05, 0) is 12.8 Å². The first-order valence-corrected chi connectivity index (χ1v) is 5.57. The molecule has 0 aromatic rings. The van der Waals surface area contributed by atoms with Crippen LogP contribution in [0.1, 0.15) is 12.8 Å². The monoisotopic (exact) mass is 235 g/mol. The van der Waals surface area contributed by atoms with E-state index in [0.717, 1.165) is 0 Å². The molecule has 1 aliphatic carbocycles. The number of rotatable bonds is 5. The summed E-state index contributed by atoms with van der Waals surface area (Å²) < 4.78 is 0. The molecule has 0 aliphatic heterocycles. The maximum absolute atomic E-state index is 9.58. The van der Waals surface area contributed by atoms with Gasteiger partial charge in [0.1, 0.15) is 0 Å². The lowest BCUT2D eigenvalue weighted by molar-refractivity contribution is -0.0696. The van der Waals surface area contributed by atoms with Crippen LogP contribution in [0.4, 0.5) is 0 Å². The molecule has 0 radical (unpaired) electrons. The topological polar surface area (TPSA) is 113 Å². The van der Waals surface area contributed by atoms with Gasteiger partial charge in [0.15, 0.2) is 0 Å². The van der Waals surface area contributed by atoms with Gasteiger partial charge in [0.05, 0.1) is 31.5 Å². The highest BCUT2D eigenvalue weighted by Gasteiger charge is 2.35. The van der Waals surface area contributed by atoms with Crippen molar-refractivity contribution in [1.82, 2.24) is 5.32 Å². The molecular formula is C10H21NO5. The van der Waals surface area contributed by atoms with Crippen LogP contribution < -0.4 is 5.32 Å². The molecule has 0 spiro atoms. The molecule has 0 amide bonds. The zero-order chi connectivity index (χ0) is 12.1. The molecule has 0 aromatic carbocycles. The number of aliphatic hydroxyl groups excluding tert-OH is 5. The van der Waals surface area contributed by atoms with Crippen molar-refractivity contribution in [3.8, 4) is 0 Å². The van der Waals surface area contributed by atoms with Gasteiger partial charge in [-0.25, -0.2) is 0 Å². The highest BCUT2D eigenvalue weighted by molar-refractivity contribution is 4.90. The lowest BCUT2D eigenvalue weighted by Gasteiger charge is -2.37. The first kappa shape index (κ1) is 13.8. The van der Waals surface area contributed by atoms with Crippen molar-refractivity contribution < 1.29 is 25.5 Å². The molecule has 16 heavy (non-hydrogen) atoms. The molecule has 1 fully saturated rings. The Hall–Kier alpha value is -0.240. The molecule has 1 aliphatic rings. The summed E-state index contributed by atoms with van der Waals surface area (Å²) in [5.74, 6) is -0.362. The zero-order valence-electron chi connectivity index (χ0n) is 9.16. The van der Waals surface area contributed by atoms with Gasteiger partial charge in [0.2, 0.25) is 0 Å². The Bertz CT molecular complexity index is 198. The number of hydrogen-bond donors (Lipinski definition) is 6. The Balaban J connectivity index is 2.49. The second-order valence-corrected chi connectivity index (χ2v) is 4.40. The summed E-state index contributed by atoms with van der Waals surface area (Å²) in [5, 5.41) is 49.0. The Kier molecular flexibility index (Phi) is 5.60. The Morgan fingerprint density at radius 2 is 1.69 bits per heavy atom. The number of nitrogens with one attached hydrogen (secondary N) is 1. The van der Waals surface area contributed by atoms with Gasteiger partial charge in [0.25, 0.3) is 0 Å². The van der Waals surface area contributed by atoms with E-state index < -0.39 is 18.2 Å². The van der Waals surface area contributed by atoms with E-state index in [4.69, 9.17) is 15.3 Å². The average Bonchev–Trinajstić information content (AvgIpc) is 2.30. The van der Waals surface area contributed by atoms with E-state index in [-0.39, 0.29) is 31.8 Å². The van der Waals surface area contributed by atoms with Crippen molar-refractivity contribution >= 4 is 0 Å². The summed E-state index contributed by atoms with van der Waals surface area (Å²) in [4.78, 5) is 0. The van der Waals surface area contributed by atoms with E-state index in [1.807, 2.05) is 0 Å². The fraction of sp³-hybridized carbons (Fsp3) is 1.00. The minimum absolute atomic E-state index is 0.111. The largest absolute Gasteiger partial charge is 0.396 e. The van der Waals surface area contributed by atoms with Crippen molar-refractivity contribution in [2.75, 3.05) is 19.8 Å². The molecule has 6 heteroatoms. The maximum atomic E-state index is 9.58. The molecule has 6 nitrogen and oxygen atoms in total.